The molecule has 2 rings (SSSR count). The van der Waals surface area contributed by atoms with Crippen LogP contribution in [0.5, 0.6) is 0 Å². The van der Waals surface area contributed by atoms with Gasteiger partial charge >= 0.3 is 0 Å². The van der Waals surface area contributed by atoms with Crippen molar-refractivity contribution in [1.29, 1.82) is 0 Å². The summed E-state index contributed by atoms with van der Waals surface area (Å²) in [5, 5.41) is 3.37. The van der Waals surface area contributed by atoms with Crippen LogP contribution < -0.4 is 10.0 Å². The molecule has 0 bridgehead atoms. The first-order valence-electron chi connectivity index (χ1n) is 7.03. The summed E-state index contributed by atoms with van der Waals surface area (Å²) in [6.07, 6.45) is 4.48. The van der Waals surface area contributed by atoms with E-state index in [1.807, 2.05) is 6.92 Å². The van der Waals surface area contributed by atoms with E-state index in [0.29, 0.717) is 12.6 Å². The number of sulfonamides is 1. The van der Waals surface area contributed by atoms with Crippen molar-refractivity contribution in [2.75, 3.05) is 0 Å². The third-order valence-corrected chi connectivity index (χ3v) is 5.18. The minimum Gasteiger partial charge on any atom is -0.310 e. The molecule has 1 saturated carbocycles. The van der Waals surface area contributed by atoms with Crippen molar-refractivity contribution < 1.29 is 8.42 Å². The van der Waals surface area contributed by atoms with Crippen molar-refractivity contribution in [3.8, 4) is 0 Å². The quantitative estimate of drug-likeness (QED) is 0.840. The zero-order chi connectivity index (χ0) is 14.8. The van der Waals surface area contributed by atoms with Crippen LogP contribution in [0.25, 0.3) is 0 Å². The molecule has 0 aliphatic heterocycles. The maximum atomic E-state index is 12.2. The number of nitrogens with zero attached hydrogens (tertiary/aromatic N) is 1. The van der Waals surface area contributed by atoms with Gasteiger partial charge in [0.2, 0.25) is 0 Å². The summed E-state index contributed by atoms with van der Waals surface area (Å²) in [5.41, 5.74) is 0.686. The fraction of sp³-hybridized carbons (Fsp3) is 0.643. The highest BCUT2D eigenvalue weighted by Gasteiger charge is 2.36. The first kappa shape index (κ1) is 15.4. The molecule has 0 unspecified atom stereocenters. The third kappa shape index (κ3) is 3.77. The van der Waals surface area contributed by atoms with Gasteiger partial charge < -0.3 is 5.32 Å². The Morgan fingerprint density at radius 1 is 1.35 bits per heavy atom. The van der Waals surface area contributed by atoms with E-state index in [-0.39, 0.29) is 10.6 Å². The van der Waals surface area contributed by atoms with E-state index in [1.165, 1.54) is 0 Å². The molecule has 0 amide bonds. The van der Waals surface area contributed by atoms with Gasteiger partial charge in [0, 0.05) is 24.3 Å². The number of hydrogen-bond donors (Lipinski definition) is 2. The van der Waals surface area contributed by atoms with E-state index in [1.54, 1.807) is 18.3 Å². The molecule has 1 heterocycles. The highest BCUT2D eigenvalue weighted by molar-refractivity contribution is 7.89. The lowest BCUT2D eigenvalue weighted by Gasteiger charge is -2.38. The van der Waals surface area contributed by atoms with Crippen LogP contribution in [0.3, 0.4) is 0 Å². The summed E-state index contributed by atoms with van der Waals surface area (Å²) >= 11 is 0. The minimum atomic E-state index is -3.51. The van der Waals surface area contributed by atoms with Crippen LogP contribution in [-0.2, 0) is 16.6 Å². The van der Waals surface area contributed by atoms with Gasteiger partial charge in [-0.25, -0.2) is 18.1 Å². The van der Waals surface area contributed by atoms with Crippen LogP contribution >= 0.6 is 0 Å². The van der Waals surface area contributed by atoms with Gasteiger partial charge in [0.05, 0.1) is 0 Å². The Bertz CT molecular complexity index is 548. The number of pyridine rings is 1. The van der Waals surface area contributed by atoms with Crippen LogP contribution in [0.1, 0.15) is 45.6 Å². The number of aromatic nitrogens is 1. The van der Waals surface area contributed by atoms with Gasteiger partial charge in [-0.1, -0.05) is 19.9 Å². The van der Waals surface area contributed by atoms with E-state index >= 15 is 0 Å². The highest BCUT2D eigenvalue weighted by atomic mass is 32.2. The van der Waals surface area contributed by atoms with Gasteiger partial charge in [-0.15, -0.1) is 0 Å². The third-order valence-electron chi connectivity index (χ3n) is 3.63. The second-order valence-corrected chi connectivity index (χ2v) is 7.69. The topological polar surface area (TPSA) is 71.1 Å². The lowest BCUT2D eigenvalue weighted by atomic mass is 9.80. The largest absolute Gasteiger partial charge is 0.310 e. The smallest absolute Gasteiger partial charge is 0.258 e. The monoisotopic (exact) mass is 297 g/mol. The number of nitrogens with one attached hydrogen (secondary N) is 2. The first-order chi connectivity index (χ1) is 9.31. The van der Waals surface area contributed by atoms with Gasteiger partial charge in [-0.05, 0) is 37.8 Å². The molecule has 1 aromatic rings. The Kier molecular flexibility index (Phi) is 4.46. The average molecular weight is 297 g/mol. The van der Waals surface area contributed by atoms with Crippen LogP contribution in [0, 0.1) is 0 Å². The Morgan fingerprint density at radius 3 is 2.50 bits per heavy atom. The first-order valence-corrected chi connectivity index (χ1v) is 8.51. The van der Waals surface area contributed by atoms with Crippen molar-refractivity contribution in [2.45, 2.75) is 63.2 Å². The predicted molar refractivity (Wildman–Crippen MR) is 78.8 cm³/mol. The molecule has 1 aromatic heterocycles. The Balaban J connectivity index is 2.05. The fourth-order valence-corrected chi connectivity index (χ4v) is 3.58. The summed E-state index contributed by atoms with van der Waals surface area (Å²) in [4.78, 5) is 4.08. The summed E-state index contributed by atoms with van der Waals surface area (Å²) in [5.74, 6) is 0. The SMILES string of the molecule is CC(C)NCc1ccc(S(=O)(=O)NC2(C)CCC2)nc1. The molecule has 20 heavy (non-hydrogen) atoms. The van der Waals surface area contributed by atoms with Crippen LogP contribution in [0.2, 0.25) is 0 Å². The molecule has 5 nitrogen and oxygen atoms in total. The zero-order valence-electron chi connectivity index (χ0n) is 12.3. The Labute approximate surface area is 121 Å². The van der Waals surface area contributed by atoms with Gasteiger partial charge in [-0.2, -0.15) is 0 Å². The molecule has 0 saturated heterocycles. The molecule has 1 aliphatic carbocycles. The molecular formula is C14H23N3O2S. The van der Waals surface area contributed by atoms with Crippen molar-refractivity contribution in [1.82, 2.24) is 15.0 Å². The zero-order valence-corrected chi connectivity index (χ0v) is 13.1. The van der Waals surface area contributed by atoms with Crippen molar-refractivity contribution in [3.05, 3.63) is 23.9 Å². The van der Waals surface area contributed by atoms with Crippen LogP contribution in [-0.4, -0.2) is 25.0 Å². The highest BCUT2D eigenvalue weighted by Crippen LogP contribution is 2.32. The van der Waals surface area contributed by atoms with E-state index in [4.69, 9.17) is 0 Å². The molecule has 0 radical (unpaired) electrons. The number of rotatable bonds is 6. The maximum Gasteiger partial charge on any atom is 0.258 e. The molecule has 1 fully saturated rings. The second-order valence-electron chi connectivity index (χ2n) is 6.06. The lowest BCUT2D eigenvalue weighted by molar-refractivity contribution is 0.247. The van der Waals surface area contributed by atoms with Crippen LogP contribution in [0.4, 0.5) is 0 Å². The van der Waals surface area contributed by atoms with E-state index in [0.717, 1.165) is 24.8 Å². The average Bonchev–Trinajstić information content (AvgIpc) is 2.34. The minimum absolute atomic E-state index is 0.0962. The van der Waals surface area contributed by atoms with Gasteiger partial charge in [0.1, 0.15) is 0 Å². The second kappa shape index (κ2) is 5.79. The normalized spacial score (nSPS) is 18.0. The van der Waals surface area contributed by atoms with E-state index < -0.39 is 10.0 Å². The summed E-state index contributed by atoms with van der Waals surface area (Å²) < 4.78 is 27.2. The standard InChI is InChI=1S/C14H23N3O2S/c1-11(2)15-9-12-5-6-13(16-10-12)20(18,19)17-14(3)7-4-8-14/h5-6,10-11,15,17H,4,7-9H2,1-3H3. The summed E-state index contributed by atoms with van der Waals surface area (Å²) in [7, 11) is -3.51. The van der Waals surface area contributed by atoms with Crippen LogP contribution in [0.15, 0.2) is 23.4 Å². The Morgan fingerprint density at radius 2 is 2.05 bits per heavy atom. The van der Waals surface area contributed by atoms with Crippen molar-refractivity contribution in [2.24, 2.45) is 0 Å². The lowest BCUT2D eigenvalue weighted by Crippen LogP contribution is -2.50. The van der Waals surface area contributed by atoms with Gasteiger partial charge in [0.25, 0.3) is 10.0 Å². The molecule has 112 valence electrons. The van der Waals surface area contributed by atoms with E-state index in [9.17, 15) is 8.42 Å². The predicted octanol–water partition coefficient (Wildman–Crippen LogP) is 1.80. The van der Waals surface area contributed by atoms with Gasteiger partial charge in [0.15, 0.2) is 5.03 Å². The molecule has 6 heteroatoms. The number of hydrogen-bond acceptors (Lipinski definition) is 4. The molecule has 1 aliphatic rings. The molecule has 2 N–H and O–H groups in total. The maximum absolute atomic E-state index is 12.2. The fourth-order valence-electron chi connectivity index (χ4n) is 2.18. The molecule has 0 atom stereocenters. The molecular weight excluding hydrogens is 274 g/mol. The van der Waals surface area contributed by atoms with Crippen molar-refractivity contribution >= 4 is 10.0 Å². The molecule has 0 aromatic carbocycles. The van der Waals surface area contributed by atoms with Gasteiger partial charge in [-0.3, -0.25) is 0 Å². The van der Waals surface area contributed by atoms with E-state index in [2.05, 4.69) is 28.9 Å². The summed E-state index contributed by atoms with van der Waals surface area (Å²) in [6.45, 7) is 6.76. The molecule has 0 spiro atoms. The Hall–Kier alpha value is -0.980. The summed E-state index contributed by atoms with van der Waals surface area (Å²) in [6, 6.07) is 3.76. The van der Waals surface area contributed by atoms with Crippen molar-refractivity contribution in [3.63, 3.8) is 0 Å².